The fourth-order valence-corrected chi connectivity index (χ4v) is 4.64. The number of hydrogen-bond donors (Lipinski definition) is 0. The maximum Gasteiger partial charge on any atom is 0.295 e. The van der Waals surface area contributed by atoms with Crippen molar-refractivity contribution in [2.45, 2.75) is 37.6 Å². The van der Waals surface area contributed by atoms with Crippen LogP contribution in [0.5, 0.6) is 0 Å². The molecule has 8 nitrogen and oxygen atoms in total. The number of carbonyl (C=O) groups is 2. The minimum atomic E-state index is -1.09. The second-order valence-electron chi connectivity index (χ2n) is 7.89. The molecule has 158 valence electrons. The number of carbonyl (C=O) groups excluding carboxylic acids is 2. The van der Waals surface area contributed by atoms with Crippen LogP contribution in [0.15, 0.2) is 60.0 Å². The van der Waals surface area contributed by atoms with Crippen LogP contribution in [0.1, 0.15) is 30.9 Å². The molecule has 2 aliphatic heterocycles. The number of rotatable bonds is 3. The highest BCUT2D eigenvalue weighted by Gasteiger charge is 2.53. The summed E-state index contributed by atoms with van der Waals surface area (Å²) >= 11 is 0. The average molecular weight is 423 g/mol. The standard InChI is InChI=1S/C22H18FN3O5/c23-13-6-9-16-15(11-13)20(27)18-19(12-4-7-14(8-5-12)26(29)30)25(22(28)21(18)31-16)17-3-1-2-10-24-17/h1-5,7-8,10,13,15-16,19H,6,9,11H2. The zero-order valence-electron chi connectivity index (χ0n) is 16.3. The van der Waals surface area contributed by atoms with Gasteiger partial charge < -0.3 is 4.74 Å². The van der Waals surface area contributed by atoms with Crippen LogP contribution < -0.4 is 4.90 Å². The molecule has 0 radical (unpaired) electrons. The summed E-state index contributed by atoms with van der Waals surface area (Å²) in [6.07, 6.45) is 0.642. The summed E-state index contributed by atoms with van der Waals surface area (Å²) in [5.41, 5.74) is 0.572. The predicted octanol–water partition coefficient (Wildman–Crippen LogP) is 3.44. The number of amides is 1. The van der Waals surface area contributed by atoms with Crippen LogP contribution in [0.25, 0.3) is 0 Å². The number of non-ortho nitro benzene ring substituents is 1. The molecule has 0 saturated heterocycles. The quantitative estimate of drug-likeness (QED) is 0.554. The van der Waals surface area contributed by atoms with E-state index < -0.39 is 35.1 Å². The first-order valence-corrected chi connectivity index (χ1v) is 10.0. The Morgan fingerprint density at radius 3 is 2.58 bits per heavy atom. The van der Waals surface area contributed by atoms with Gasteiger partial charge in [-0.15, -0.1) is 0 Å². The molecule has 1 fully saturated rings. The van der Waals surface area contributed by atoms with Crippen molar-refractivity contribution in [2.75, 3.05) is 4.90 Å². The van der Waals surface area contributed by atoms with Crippen molar-refractivity contribution in [3.8, 4) is 0 Å². The Morgan fingerprint density at radius 2 is 1.90 bits per heavy atom. The van der Waals surface area contributed by atoms with Crippen LogP contribution >= 0.6 is 0 Å². The third-order valence-corrected chi connectivity index (χ3v) is 6.10. The fourth-order valence-electron chi connectivity index (χ4n) is 4.64. The molecule has 0 bridgehead atoms. The van der Waals surface area contributed by atoms with Crippen LogP contribution in [0, 0.1) is 16.0 Å². The number of anilines is 1. The number of aromatic nitrogens is 1. The number of nitro groups is 1. The molecule has 4 unspecified atom stereocenters. The van der Waals surface area contributed by atoms with Gasteiger partial charge in [0.15, 0.2) is 11.5 Å². The second kappa shape index (κ2) is 7.26. The summed E-state index contributed by atoms with van der Waals surface area (Å²) in [6, 6.07) is 9.89. The van der Waals surface area contributed by atoms with E-state index in [0.717, 1.165) is 0 Å². The monoisotopic (exact) mass is 423 g/mol. The van der Waals surface area contributed by atoms with Crippen molar-refractivity contribution >= 4 is 23.2 Å². The number of pyridine rings is 1. The molecule has 1 amide bonds. The number of hydrogen-bond acceptors (Lipinski definition) is 6. The zero-order chi connectivity index (χ0) is 21.7. The van der Waals surface area contributed by atoms with Crippen molar-refractivity contribution in [2.24, 2.45) is 5.92 Å². The highest BCUT2D eigenvalue weighted by molar-refractivity contribution is 6.17. The van der Waals surface area contributed by atoms with Gasteiger partial charge in [0.1, 0.15) is 18.1 Å². The van der Waals surface area contributed by atoms with E-state index in [9.17, 15) is 24.1 Å². The van der Waals surface area contributed by atoms with E-state index in [4.69, 9.17) is 4.74 Å². The summed E-state index contributed by atoms with van der Waals surface area (Å²) in [7, 11) is 0. The second-order valence-corrected chi connectivity index (χ2v) is 7.89. The number of benzene rings is 1. The van der Waals surface area contributed by atoms with Gasteiger partial charge in [-0.05, 0) is 49.1 Å². The number of nitro benzene ring substituents is 1. The topological polar surface area (TPSA) is 103 Å². The van der Waals surface area contributed by atoms with Crippen molar-refractivity contribution < 1.29 is 23.6 Å². The lowest BCUT2D eigenvalue weighted by Crippen LogP contribution is -2.42. The van der Waals surface area contributed by atoms with E-state index in [0.29, 0.717) is 24.2 Å². The SMILES string of the molecule is O=C1C2=C(OC3CCC(F)CC13)C(=O)N(c1ccccn1)C2c1ccc([N+](=O)[O-])cc1. The van der Waals surface area contributed by atoms with Gasteiger partial charge in [0.25, 0.3) is 11.6 Å². The van der Waals surface area contributed by atoms with E-state index in [1.807, 2.05) is 0 Å². The summed E-state index contributed by atoms with van der Waals surface area (Å²) in [4.78, 5) is 43.0. The van der Waals surface area contributed by atoms with Crippen molar-refractivity contribution in [3.05, 3.63) is 75.7 Å². The fraction of sp³-hybridized carbons (Fsp3) is 0.318. The molecule has 31 heavy (non-hydrogen) atoms. The Kier molecular flexibility index (Phi) is 4.53. The number of halogens is 1. The third kappa shape index (κ3) is 3.08. The van der Waals surface area contributed by atoms with Crippen LogP contribution in [0.3, 0.4) is 0 Å². The predicted molar refractivity (Wildman–Crippen MR) is 107 cm³/mol. The van der Waals surface area contributed by atoms with Gasteiger partial charge in [-0.2, -0.15) is 0 Å². The summed E-state index contributed by atoms with van der Waals surface area (Å²) < 4.78 is 20.0. The first-order valence-electron chi connectivity index (χ1n) is 10.0. The minimum absolute atomic E-state index is 0.0300. The van der Waals surface area contributed by atoms with Gasteiger partial charge in [0, 0.05) is 18.3 Å². The summed E-state index contributed by atoms with van der Waals surface area (Å²) in [5.74, 6) is -1.15. The number of ketones is 1. The Labute approximate surface area is 176 Å². The lowest BCUT2D eigenvalue weighted by Gasteiger charge is -2.36. The first kappa shape index (κ1) is 19.3. The molecule has 1 saturated carbocycles. The maximum atomic E-state index is 14.1. The number of nitrogens with zero attached hydrogens (tertiary/aromatic N) is 3. The van der Waals surface area contributed by atoms with Crippen LogP contribution in [0.2, 0.25) is 0 Å². The van der Waals surface area contributed by atoms with E-state index in [-0.39, 0.29) is 29.2 Å². The molecular weight excluding hydrogens is 405 g/mol. The molecule has 0 spiro atoms. The van der Waals surface area contributed by atoms with Gasteiger partial charge >= 0.3 is 0 Å². The summed E-state index contributed by atoms with van der Waals surface area (Å²) in [6.45, 7) is 0. The van der Waals surface area contributed by atoms with Gasteiger partial charge in [-0.3, -0.25) is 24.6 Å². The third-order valence-electron chi connectivity index (χ3n) is 6.10. The van der Waals surface area contributed by atoms with Crippen LogP contribution in [0.4, 0.5) is 15.9 Å². The lowest BCUT2D eigenvalue weighted by molar-refractivity contribution is -0.384. The molecule has 4 atom stereocenters. The molecule has 1 aromatic heterocycles. The van der Waals surface area contributed by atoms with E-state index in [1.54, 1.807) is 18.2 Å². The molecule has 9 heteroatoms. The van der Waals surface area contributed by atoms with E-state index in [2.05, 4.69) is 4.98 Å². The van der Waals surface area contributed by atoms with Gasteiger partial charge in [0.05, 0.1) is 22.5 Å². The molecule has 1 aromatic carbocycles. The number of fused-ring (bicyclic) bond motifs is 1. The molecule has 2 aromatic rings. The van der Waals surface area contributed by atoms with Gasteiger partial charge in [0.2, 0.25) is 0 Å². The molecule has 0 N–H and O–H groups in total. The largest absolute Gasteiger partial charge is 0.483 e. The molecule has 5 rings (SSSR count). The highest BCUT2D eigenvalue weighted by Crippen LogP contribution is 2.48. The van der Waals surface area contributed by atoms with Crippen molar-refractivity contribution in [1.29, 1.82) is 0 Å². The molecule has 3 heterocycles. The lowest BCUT2D eigenvalue weighted by atomic mass is 9.77. The minimum Gasteiger partial charge on any atom is -0.483 e. The average Bonchev–Trinajstić information content (AvgIpc) is 3.07. The van der Waals surface area contributed by atoms with Gasteiger partial charge in [-0.1, -0.05) is 6.07 Å². The first-order chi connectivity index (χ1) is 15.0. The maximum absolute atomic E-state index is 14.1. The number of ether oxygens (including phenoxy) is 1. The highest BCUT2D eigenvalue weighted by atomic mass is 19.1. The molecule has 3 aliphatic rings. The smallest absolute Gasteiger partial charge is 0.295 e. The van der Waals surface area contributed by atoms with E-state index >= 15 is 0 Å². The molecular formula is C22H18FN3O5. The summed E-state index contributed by atoms with van der Waals surface area (Å²) in [5, 5.41) is 11.1. The van der Waals surface area contributed by atoms with Crippen molar-refractivity contribution in [3.63, 3.8) is 0 Å². The zero-order valence-corrected chi connectivity index (χ0v) is 16.3. The molecule has 1 aliphatic carbocycles. The number of Topliss-reactive ketones (excluding diaryl/α,β-unsaturated/α-hetero) is 1. The number of alkyl halides is 1. The Bertz CT molecular complexity index is 1100. The van der Waals surface area contributed by atoms with E-state index in [1.165, 1.54) is 35.4 Å². The van der Waals surface area contributed by atoms with Gasteiger partial charge in [-0.25, -0.2) is 9.37 Å². The van der Waals surface area contributed by atoms with Crippen LogP contribution in [-0.2, 0) is 14.3 Å². The Hall–Kier alpha value is -3.62. The van der Waals surface area contributed by atoms with Crippen molar-refractivity contribution in [1.82, 2.24) is 4.98 Å². The Morgan fingerprint density at radius 1 is 1.13 bits per heavy atom. The van der Waals surface area contributed by atoms with Crippen LogP contribution in [-0.4, -0.2) is 33.9 Å². The normalized spacial score (nSPS) is 27.6. The Balaban J connectivity index is 1.63.